The summed E-state index contributed by atoms with van der Waals surface area (Å²) in [5, 5.41) is 0. The topological polar surface area (TPSA) is 0 Å². The van der Waals surface area contributed by atoms with E-state index < -0.39 is 0 Å². The Balaban J connectivity index is 1.77. The maximum atomic E-state index is 3.47. The normalized spacial score (nSPS) is 39.5. The van der Waals surface area contributed by atoms with Crippen LogP contribution in [-0.2, 0) is 0 Å². The predicted octanol–water partition coefficient (Wildman–Crippen LogP) is 3.55. The molecule has 2 bridgehead atoms. The van der Waals surface area contributed by atoms with Gasteiger partial charge in [-0.25, -0.2) is 0 Å². The molecule has 0 aromatic carbocycles. The van der Waals surface area contributed by atoms with Crippen LogP contribution in [0.3, 0.4) is 0 Å². The monoisotopic (exact) mass is 194 g/mol. The molecule has 3 unspecified atom stereocenters. The van der Waals surface area contributed by atoms with Crippen LogP contribution in [0.2, 0.25) is 0 Å². The lowest BCUT2D eigenvalue weighted by atomic mass is 9.82. The standard InChI is InChI=1S/C15H14/c1-2-10-6-7-14-12-4-5-13(8-12)15(14)9-11(10)3-1/h1-3,5-6,13-15H,7-9H2. The maximum Gasteiger partial charge on any atom is -0.00546 e. The summed E-state index contributed by atoms with van der Waals surface area (Å²) in [5.74, 6) is 2.49. The van der Waals surface area contributed by atoms with Crippen LogP contribution in [-0.4, -0.2) is 0 Å². The molecule has 0 radical (unpaired) electrons. The van der Waals surface area contributed by atoms with Crippen molar-refractivity contribution < 1.29 is 0 Å². The van der Waals surface area contributed by atoms with Gasteiger partial charge in [-0.3, -0.25) is 0 Å². The molecule has 0 aliphatic heterocycles. The van der Waals surface area contributed by atoms with Gasteiger partial charge in [0.15, 0.2) is 0 Å². The molecule has 1 saturated carbocycles. The Labute approximate surface area is 90.4 Å². The summed E-state index contributed by atoms with van der Waals surface area (Å²) < 4.78 is 0. The van der Waals surface area contributed by atoms with Gasteiger partial charge in [0.2, 0.25) is 0 Å². The second-order valence-electron chi connectivity index (χ2n) is 5.12. The van der Waals surface area contributed by atoms with Crippen molar-refractivity contribution in [2.45, 2.75) is 19.3 Å². The van der Waals surface area contributed by atoms with E-state index in [0.29, 0.717) is 0 Å². The minimum atomic E-state index is 0.805. The fourth-order valence-corrected chi connectivity index (χ4v) is 3.65. The minimum absolute atomic E-state index is 0.805. The number of hydrogen-bond donors (Lipinski definition) is 0. The van der Waals surface area contributed by atoms with Crippen molar-refractivity contribution in [3.8, 4) is 0 Å². The van der Waals surface area contributed by atoms with Gasteiger partial charge < -0.3 is 0 Å². The van der Waals surface area contributed by atoms with E-state index in [1.165, 1.54) is 24.8 Å². The van der Waals surface area contributed by atoms with Gasteiger partial charge in [-0.2, -0.15) is 0 Å². The Bertz CT molecular complexity index is 478. The molecule has 0 spiro atoms. The lowest BCUT2D eigenvalue weighted by Gasteiger charge is -2.22. The summed E-state index contributed by atoms with van der Waals surface area (Å²) >= 11 is 0. The van der Waals surface area contributed by atoms with E-state index in [0.717, 1.165) is 17.8 Å². The summed E-state index contributed by atoms with van der Waals surface area (Å²) in [5.41, 5.74) is 8.14. The second kappa shape index (κ2) is 2.65. The summed E-state index contributed by atoms with van der Waals surface area (Å²) in [6.07, 6.45) is 15.4. The molecule has 4 rings (SSSR count). The molecular weight excluding hydrogens is 180 g/mol. The highest BCUT2D eigenvalue weighted by molar-refractivity contribution is 5.50. The van der Waals surface area contributed by atoms with Crippen LogP contribution in [0.25, 0.3) is 0 Å². The average molecular weight is 194 g/mol. The lowest BCUT2D eigenvalue weighted by Crippen LogP contribution is -2.14. The molecular formula is C15H14. The van der Waals surface area contributed by atoms with Crippen molar-refractivity contribution in [2.75, 3.05) is 0 Å². The van der Waals surface area contributed by atoms with Gasteiger partial charge in [-0.05, 0) is 59.8 Å². The van der Waals surface area contributed by atoms with Crippen molar-refractivity contribution >= 4 is 0 Å². The first-order valence-corrected chi connectivity index (χ1v) is 5.95. The Morgan fingerprint density at radius 3 is 3.27 bits per heavy atom. The van der Waals surface area contributed by atoms with E-state index >= 15 is 0 Å². The first-order chi connectivity index (χ1) is 7.42. The van der Waals surface area contributed by atoms with Gasteiger partial charge in [0, 0.05) is 0 Å². The van der Waals surface area contributed by atoms with Gasteiger partial charge in [-0.1, -0.05) is 24.3 Å². The highest BCUT2D eigenvalue weighted by Crippen LogP contribution is 2.51. The second-order valence-corrected chi connectivity index (χ2v) is 5.12. The van der Waals surface area contributed by atoms with Crippen LogP contribution < -0.4 is 0 Å². The molecule has 0 aromatic rings. The lowest BCUT2D eigenvalue weighted by molar-refractivity contribution is 0.365. The SMILES string of the molecule is C1=CC2CC=1C1CC=C3C=CC=C3CC21. The molecule has 4 aliphatic rings. The summed E-state index contributed by atoms with van der Waals surface area (Å²) in [4.78, 5) is 0. The minimum Gasteiger partial charge on any atom is -0.125 e. The van der Waals surface area contributed by atoms with Crippen LogP contribution in [0.5, 0.6) is 0 Å². The van der Waals surface area contributed by atoms with E-state index in [1.54, 1.807) is 11.1 Å². The van der Waals surface area contributed by atoms with Crippen LogP contribution in [0.1, 0.15) is 19.3 Å². The van der Waals surface area contributed by atoms with Crippen molar-refractivity contribution in [3.63, 3.8) is 0 Å². The van der Waals surface area contributed by atoms with Crippen LogP contribution in [0.4, 0.5) is 0 Å². The highest BCUT2D eigenvalue weighted by atomic mass is 14.4. The van der Waals surface area contributed by atoms with Gasteiger partial charge in [0.1, 0.15) is 0 Å². The smallest absolute Gasteiger partial charge is 0.00546 e. The van der Waals surface area contributed by atoms with E-state index in [9.17, 15) is 0 Å². The van der Waals surface area contributed by atoms with E-state index in [1.807, 2.05) is 0 Å². The number of allylic oxidation sites excluding steroid dienone is 7. The summed E-state index contributed by atoms with van der Waals surface area (Å²) in [6, 6.07) is 0. The Kier molecular flexibility index (Phi) is 1.41. The molecule has 3 atom stereocenters. The average Bonchev–Trinajstić information content (AvgIpc) is 2.91. The zero-order chi connectivity index (χ0) is 9.83. The Morgan fingerprint density at radius 1 is 1.27 bits per heavy atom. The van der Waals surface area contributed by atoms with E-state index in [-0.39, 0.29) is 0 Å². The third kappa shape index (κ3) is 0.979. The first-order valence-electron chi connectivity index (χ1n) is 5.95. The number of rotatable bonds is 0. The van der Waals surface area contributed by atoms with Gasteiger partial charge in [-0.15, -0.1) is 5.73 Å². The molecule has 1 fully saturated rings. The highest BCUT2D eigenvalue weighted by Gasteiger charge is 2.41. The fraction of sp³-hybridized carbons (Fsp3) is 0.400. The van der Waals surface area contributed by atoms with Crippen LogP contribution >= 0.6 is 0 Å². The Hall–Kier alpha value is -1.26. The van der Waals surface area contributed by atoms with Crippen LogP contribution in [0, 0.1) is 17.8 Å². The number of hydrogen-bond acceptors (Lipinski definition) is 0. The zero-order valence-electron chi connectivity index (χ0n) is 8.74. The maximum absolute atomic E-state index is 3.47. The molecule has 0 amide bonds. The number of fused-ring (bicyclic) bond motifs is 6. The van der Waals surface area contributed by atoms with Gasteiger partial charge in [0.25, 0.3) is 0 Å². The molecule has 0 nitrogen and oxygen atoms in total. The van der Waals surface area contributed by atoms with Crippen LogP contribution in [0.15, 0.2) is 52.8 Å². The van der Waals surface area contributed by atoms with Crippen molar-refractivity contribution in [1.29, 1.82) is 0 Å². The van der Waals surface area contributed by atoms with Gasteiger partial charge in [0.05, 0.1) is 0 Å². The van der Waals surface area contributed by atoms with Crippen molar-refractivity contribution in [3.05, 3.63) is 52.8 Å². The molecule has 0 saturated heterocycles. The first kappa shape index (κ1) is 7.96. The largest absolute Gasteiger partial charge is 0.125 e. The van der Waals surface area contributed by atoms with E-state index in [4.69, 9.17) is 0 Å². The molecule has 4 aliphatic carbocycles. The quantitative estimate of drug-likeness (QED) is 0.517. The molecule has 0 aromatic heterocycles. The zero-order valence-corrected chi connectivity index (χ0v) is 8.74. The molecule has 74 valence electrons. The molecule has 0 heteroatoms. The van der Waals surface area contributed by atoms with Crippen molar-refractivity contribution in [2.24, 2.45) is 17.8 Å². The Morgan fingerprint density at radius 2 is 2.27 bits per heavy atom. The fourth-order valence-electron chi connectivity index (χ4n) is 3.65. The van der Waals surface area contributed by atoms with Crippen molar-refractivity contribution in [1.82, 2.24) is 0 Å². The summed E-state index contributed by atoms with van der Waals surface area (Å²) in [6.45, 7) is 0. The third-order valence-corrected chi connectivity index (χ3v) is 4.44. The molecule has 0 N–H and O–H groups in total. The predicted molar refractivity (Wildman–Crippen MR) is 61.2 cm³/mol. The van der Waals surface area contributed by atoms with Gasteiger partial charge >= 0.3 is 0 Å². The van der Waals surface area contributed by atoms with E-state index in [2.05, 4.69) is 36.1 Å². The third-order valence-electron chi connectivity index (χ3n) is 4.44. The summed E-state index contributed by atoms with van der Waals surface area (Å²) in [7, 11) is 0. The molecule has 0 heterocycles. The molecule has 15 heavy (non-hydrogen) atoms.